The van der Waals surface area contributed by atoms with Crippen LogP contribution in [-0.4, -0.2) is 32.8 Å². The first-order valence-corrected chi connectivity index (χ1v) is 7.41. The summed E-state index contributed by atoms with van der Waals surface area (Å²) in [6.07, 6.45) is 2.25. The van der Waals surface area contributed by atoms with Crippen molar-refractivity contribution in [1.29, 1.82) is 0 Å². The highest BCUT2D eigenvalue weighted by Crippen LogP contribution is 2.22. The molecule has 1 N–H and O–H groups in total. The molecule has 0 fully saturated rings. The Morgan fingerprint density at radius 3 is 2.50 bits per heavy atom. The molecular weight excluding hydrogens is 254 g/mol. The molecule has 0 amide bonds. The summed E-state index contributed by atoms with van der Waals surface area (Å²) < 4.78 is 24.2. The molecule has 1 aromatic rings. The van der Waals surface area contributed by atoms with E-state index in [0.29, 0.717) is 18.5 Å². The molecule has 0 unspecified atom stereocenters. The summed E-state index contributed by atoms with van der Waals surface area (Å²) >= 11 is 0. The van der Waals surface area contributed by atoms with E-state index in [2.05, 4.69) is 0 Å². The molecule has 0 atom stereocenters. The number of hydrogen-bond acceptors (Lipinski definition) is 3. The molecule has 0 saturated heterocycles. The first-order valence-electron chi connectivity index (χ1n) is 5.56. The third-order valence-electron chi connectivity index (χ3n) is 2.67. The van der Waals surface area contributed by atoms with Gasteiger partial charge in [0.25, 0.3) is 0 Å². The van der Waals surface area contributed by atoms with Gasteiger partial charge in [-0.3, -0.25) is 9.10 Å². The summed E-state index contributed by atoms with van der Waals surface area (Å²) in [7, 11) is -1.81. The van der Waals surface area contributed by atoms with Gasteiger partial charge in [0.05, 0.1) is 11.9 Å². The molecule has 0 aromatic heterocycles. The highest BCUT2D eigenvalue weighted by atomic mass is 32.2. The Bertz CT molecular complexity index is 525. The number of hydrogen-bond donors (Lipinski definition) is 1. The zero-order valence-electron chi connectivity index (χ0n) is 10.5. The maximum Gasteiger partial charge on any atom is 0.303 e. The minimum atomic E-state index is -3.30. The number of carboxylic acid groups (broad SMARTS) is 1. The van der Waals surface area contributed by atoms with Gasteiger partial charge in [-0.2, -0.15) is 0 Å². The van der Waals surface area contributed by atoms with E-state index in [1.807, 2.05) is 12.1 Å². The predicted molar refractivity (Wildman–Crippen MR) is 70.3 cm³/mol. The van der Waals surface area contributed by atoms with Crippen molar-refractivity contribution in [2.45, 2.75) is 19.3 Å². The second-order valence-corrected chi connectivity index (χ2v) is 6.12. The van der Waals surface area contributed by atoms with Gasteiger partial charge in [0.2, 0.25) is 10.0 Å². The summed E-state index contributed by atoms with van der Waals surface area (Å²) in [5.41, 5.74) is 1.44. The maximum absolute atomic E-state index is 11.5. The van der Waals surface area contributed by atoms with E-state index in [4.69, 9.17) is 5.11 Å². The average Bonchev–Trinajstić information content (AvgIpc) is 2.27. The van der Waals surface area contributed by atoms with Crippen LogP contribution >= 0.6 is 0 Å². The zero-order chi connectivity index (χ0) is 13.8. The molecule has 0 aliphatic rings. The van der Waals surface area contributed by atoms with Crippen LogP contribution in [0.5, 0.6) is 0 Å². The number of nitrogens with zero attached hydrogens (tertiary/aromatic N) is 1. The van der Waals surface area contributed by atoms with Crippen LogP contribution in [-0.2, 0) is 21.2 Å². The number of anilines is 1. The second-order valence-electron chi connectivity index (χ2n) is 4.11. The van der Waals surface area contributed by atoms with Crippen molar-refractivity contribution in [1.82, 2.24) is 0 Å². The van der Waals surface area contributed by atoms with Gasteiger partial charge in [-0.25, -0.2) is 8.42 Å². The molecule has 0 bridgehead atoms. The Hall–Kier alpha value is -1.56. The SMILES string of the molecule is CN(c1ccccc1CCCC(=O)O)S(C)(=O)=O. The minimum absolute atomic E-state index is 0.0803. The summed E-state index contributed by atoms with van der Waals surface area (Å²) in [4.78, 5) is 10.5. The largest absolute Gasteiger partial charge is 0.481 e. The van der Waals surface area contributed by atoms with Crippen LogP contribution in [0.2, 0.25) is 0 Å². The van der Waals surface area contributed by atoms with Gasteiger partial charge < -0.3 is 5.11 Å². The molecule has 0 heterocycles. The maximum atomic E-state index is 11.5. The Morgan fingerprint density at radius 1 is 1.33 bits per heavy atom. The lowest BCUT2D eigenvalue weighted by molar-refractivity contribution is -0.137. The van der Waals surface area contributed by atoms with Crippen LogP contribution in [0.15, 0.2) is 24.3 Å². The van der Waals surface area contributed by atoms with Crippen molar-refractivity contribution in [3.05, 3.63) is 29.8 Å². The lowest BCUT2D eigenvalue weighted by Crippen LogP contribution is -2.25. The van der Waals surface area contributed by atoms with Crippen LogP contribution in [0.4, 0.5) is 5.69 Å². The standard InChI is InChI=1S/C12H17NO4S/c1-13(18(2,16)17)11-8-4-3-6-10(11)7-5-9-12(14)15/h3-4,6,8H,5,7,9H2,1-2H3,(H,14,15). The summed E-state index contributed by atoms with van der Waals surface area (Å²) in [6, 6.07) is 7.11. The van der Waals surface area contributed by atoms with Gasteiger partial charge in [0.15, 0.2) is 0 Å². The van der Waals surface area contributed by atoms with Gasteiger partial charge in [-0.1, -0.05) is 18.2 Å². The lowest BCUT2D eigenvalue weighted by atomic mass is 10.1. The van der Waals surface area contributed by atoms with Crippen molar-refractivity contribution in [2.24, 2.45) is 0 Å². The second kappa shape index (κ2) is 5.86. The monoisotopic (exact) mass is 271 g/mol. The van der Waals surface area contributed by atoms with E-state index in [1.54, 1.807) is 12.1 Å². The van der Waals surface area contributed by atoms with Gasteiger partial charge in [0, 0.05) is 13.5 Å². The van der Waals surface area contributed by atoms with Crippen molar-refractivity contribution >= 4 is 21.7 Å². The molecule has 0 aliphatic heterocycles. The van der Waals surface area contributed by atoms with Gasteiger partial charge in [-0.05, 0) is 24.5 Å². The molecule has 0 radical (unpaired) electrons. The van der Waals surface area contributed by atoms with Crippen molar-refractivity contribution in [3.63, 3.8) is 0 Å². The highest BCUT2D eigenvalue weighted by molar-refractivity contribution is 7.92. The predicted octanol–water partition coefficient (Wildman–Crippen LogP) is 1.49. The summed E-state index contributed by atoms with van der Waals surface area (Å²) in [5.74, 6) is -0.844. The smallest absolute Gasteiger partial charge is 0.303 e. The van der Waals surface area contributed by atoms with E-state index in [0.717, 1.165) is 11.8 Å². The first kappa shape index (κ1) is 14.5. The molecule has 0 saturated carbocycles. The fourth-order valence-electron chi connectivity index (χ4n) is 1.64. The lowest BCUT2D eigenvalue weighted by Gasteiger charge is -2.20. The number of aliphatic carboxylic acids is 1. The molecule has 1 aromatic carbocycles. The normalized spacial score (nSPS) is 11.2. The third-order valence-corrected chi connectivity index (χ3v) is 3.86. The quantitative estimate of drug-likeness (QED) is 0.850. The van der Waals surface area contributed by atoms with Crippen LogP contribution < -0.4 is 4.31 Å². The van der Waals surface area contributed by atoms with Crippen LogP contribution in [0, 0.1) is 0 Å². The van der Waals surface area contributed by atoms with Crippen LogP contribution in [0.3, 0.4) is 0 Å². The molecule has 18 heavy (non-hydrogen) atoms. The molecule has 1 rings (SSSR count). The van der Waals surface area contributed by atoms with Crippen LogP contribution in [0.25, 0.3) is 0 Å². The Morgan fingerprint density at radius 2 is 1.94 bits per heavy atom. The molecule has 5 nitrogen and oxygen atoms in total. The molecule has 0 spiro atoms. The van der Waals surface area contributed by atoms with Crippen molar-refractivity contribution in [2.75, 3.05) is 17.6 Å². The highest BCUT2D eigenvalue weighted by Gasteiger charge is 2.15. The van der Waals surface area contributed by atoms with Gasteiger partial charge in [-0.15, -0.1) is 0 Å². The van der Waals surface area contributed by atoms with Crippen molar-refractivity contribution < 1.29 is 18.3 Å². The van der Waals surface area contributed by atoms with E-state index >= 15 is 0 Å². The number of aryl methyl sites for hydroxylation is 1. The number of carbonyl (C=O) groups is 1. The summed E-state index contributed by atoms with van der Waals surface area (Å²) in [5, 5.41) is 8.59. The number of benzene rings is 1. The molecule has 100 valence electrons. The van der Waals surface area contributed by atoms with Gasteiger partial charge >= 0.3 is 5.97 Å². The first-order chi connectivity index (χ1) is 8.32. The zero-order valence-corrected chi connectivity index (χ0v) is 11.3. The Kier molecular flexibility index (Phi) is 4.72. The number of para-hydroxylation sites is 1. The van der Waals surface area contributed by atoms with Crippen LogP contribution in [0.1, 0.15) is 18.4 Å². The third kappa shape index (κ3) is 4.03. The minimum Gasteiger partial charge on any atom is -0.481 e. The molecule has 6 heteroatoms. The van der Waals surface area contributed by atoms with E-state index in [9.17, 15) is 13.2 Å². The Balaban J connectivity index is 2.89. The fraction of sp³-hybridized carbons (Fsp3) is 0.417. The number of rotatable bonds is 6. The topological polar surface area (TPSA) is 74.7 Å². The van der Waals surface area contributed by atoms with Crippen molar-refractivity contribution in [3.8, 4) is 0 Å². The number of carboxylic acids is 1. The summed E-state index contributed by atoms with van der Waals surface area (Å²) in [6.45, 7) is 0. The molecule has 0 aliphatic carbocycles. The van der Waals surface area contributed by atoms with E-state index < -0.39 is 16.0 Å². The van der Waals surface area contributed by atoms with E-state index in [-0.39, 0.29) is 6.42 Å². The molecular formula is C12H17NO4S. The van der Waals surface area contributed by atoms with E-state index in [1.165, 1.54) is 11.4 Å². The van der Waals surface area contributed by atoms with Gasteiger partial charge in [0.1, 0.15) is 0 Å². The Labute approximate surface area is 107 Å². The fourth-order valence-corrected chi connectivity index (χ4v) is 2.17. The average molecular weight is 271 g/mol. The number of sulfonamides is 1.